The van der Waals surface area contributed by atoms with Crippen LogP contribution in [0.2, 0.25) is 0 Å². The Bertz CT molecular complexity index is 1400. The van der Waals surface area contributed by atoms with Gasteiger partial charge >= 0.3 is 5.97 Å². The molecule has 2 N–H and O–H groups in total. The second-order valence-electron chi connectivity index (χ2n) is 8.46. The topological polar surface area (TPSA) is 122 Å². The zero-order chi connectivity index (χ0) is 25.9. The molecule has 0 saturated carbocycles. The number of benzene rings is 3. The quantitative estimate of drug-likeness (QED) is 0.375. The molecule has 1 atom stereocenters. The van der Waals surface area contributed by atoms with Gasteiger partial charge in [0, 0.05) is 24.7 Å². The van der Waals surface area contributed by atoms with E-state index in [0.717, 1.165) is 5.56 Å². The number of ether oxygens (including phenoxy) is 1. The van der Waals surface area contributed by atoms with Gasteiger partial charge in [0.15, 0.2) is 0 Å². The van der Waals surface area contributed by atoms with Gasteiger partial charge in [-0.25, -0.2) is 13.2 Å². The van der Waals surface area contributed by atoms with Gasteiger partial charge in [0.1, 0.15) is 6.10 Å². The van der Waals surface area contributed by atoms with E-state index in [1.165, 1.54) is 23.5 Å². The lowest BCUT2D eigenvalue weighted by molar-refractivity contribution is -0.123. The Morgan fingerprint density at radius 1 is 0.944 bits per heavy atom. The van der Waals surface area contributed by atoms with Crippen molar-refractivity contribution in [3.05, 3.63) is 101 Å². The molecule has 0 radical (unpaired) electrons. The van der Waals surface area contributed by atoms with Crippen molar-refractivity contribution in [3.63, 3.8) is 0 Å². The molecule has 1 heterocycles. The number of hydrogen-bond acceptors (Lipinski definition) is 6. The van der Waals surface area contributed by atoms with Crippen LogP contribution in [0.4, 0.5) is 0 Å². The smallest absolute Gasteiger partial charge is 0.339 e. The molecule has 0 aliphatic carbocycles. The largest absolute Gasteiger partial charge is 0.453 e. The van der Waals surface area contributed by atoms with E-state index in [0.29, 0.717) is 16.7 Å². The van der Waals surface area contributed by atoms with Crippen molar-refractivity contribution in [3.8, 4) is 0 Å². The minimum atomic E-state index is -3.66. The lowest BCUT2D eigenvalue weighted by Crippen LogP contribution is -2.42. The van der Waals surface area contributed by atoms with Crippen LogP contribution in [0, 0.1) is 6.92 Å². The zero-order valence-electron chi connectivity index (χ0n) is 19.7. The Balaban J connectivity index is 1.30. The number of amides is 2. The maximum atomic E-state index is 12.8. The van der Waals surface area contributed by atoms with E-state index in [2.05, 4.69) is 10.9 Å². The molecule has 186 valence electrons. The van der Waals surface area contributed by atoms with Crippen LogP contribution in [-0.2, 0) is 26.1 Å². The average molecular weight is 508 g/mol. The van der Waals surface area contributed by atoms with Crippen LogP contribution in [0.25, 0.3) is 0 Å². The van der Waals surface area contributed by atoms with Gasteiger partial charge in [0.05, 0.1) is 16.9 Å². The third-order valence-electron chi connectivity index (χ3n) is 5.81. The van der Waals surface area contributed by atoms with Gasteiger partial charge in [-0.1, -0.05) is 48.0 Å². The highest BCUT2D eigenvalue weighted by Crippen LogP contribution is 2.32. The summed E-state index contributed by atoms with van der Waals surface area (Å²) in [6, 6.07) is 19.8. The first-order chi connectivity index (χ1) is 17.1. The fourth-order valence-electron chi connectivity index (χ4n) is 3.78. The van der Waals surface area contributed by atoms with Crippen molar-refractivity contribution in [1.82, 2.24) is 15.2 Å². The summed E-state index contributed by atoms with van der Waals surface area (Å²) in [4.78, 5) is 36.8. The third kappa shape index (κ3) is 5.45. The zero-order valence-corrected chi connectivity index (χ0v) is 20.5. The van der Waals surface area contributed by atoms with Crippen LogP contribution in [0.15, 0.2) is 77.7 Å². The number of carbonyl (C=O) groups excluding carboxylic acids is 3. The van der Waals surface area contributed by atoms with Gasteiger partial charge in [-0.3, -0.25) is 20.4 Å². The summed E-state index contributed by atoms with van der Waals surface area (Å²) in [6.07, 6.45) is -0.845. The molecule has 1 unspecified atom stereocenters. The summed E-state index contributed by atoms with van der Waals surface area (Å²) in [5.41, 5.74) is 7.65. The Morgan fingerprint density at radius 3 is 2.31 bits per heavy atom. The van der Waals surface area contributed by atoms with Gasteiger partial charge in [-0.05, 0) is 42.8 Å². The normalized spacial score (nSPS) is 14.8. The number of cyclic esters (lactones) is 1. The lowest BCUT2D eigenvalue weighted by atomic mass is 10.0. The van der Waals surface area contributed by atoms with E-state index in [9.17, 15) is 22.8 Å². The summed E-state index contributed by atoms with van der Waals surface area (Å²) in [5.74, 6) is -1.54. The Kier molecular flexibility index (Phi) is 7.18. The van der Waals surface area contributed by atoms with Gasteiger partial charge in [-0.2, -0.15) is 4.31 Å². The van der Waals surface area contributed by atoms with E-state index in [-0.39, 0.29) is 23.4 Å². The van der Waals surface area contributed by atoms with Crippen molar-refractivity contribution in [2.24, 2.45) is 0 Å². The van der Waals surface area contributed by atoms with E-state index >= 15 is 0 Å². The number of nitrogens with one attached hydrogen (secondary N) is 2. The molecular weight excluding hydrogens is 482 g/mol. The Labute approximate surface area is 209 Å². The molecule has 9 nitrogen and oxygen atoms in total. The number of sulfonamides is 1. The summed E-state index contributed by atoms with van der Waals surface area (Å²) >= 11 is 0. The van der Waals surface area contributed by atoms with Crippen LogP contribution in [0.5, 0.6) is 0 Å². The molecule has 0 spiro atoms. The van der Waals surface area contributed by atoms with Crippen LogP contribution >= 0.6 is 0 Å². The molecule has 4 rings (SSSR count). The summed E-state index contributed by atoms with van der Waals surface area (Å²) in [6.45, 7) is 2.00. The minimum Gasteiger partial charge on any atom is -0.453 e. The molecule has 3 aromatic carbocycles. The highest BCUT2D eigenvalue weighted by Gasteiger charge is 2.32. The van der Waals surface area contributed by atoms with E-state index < -0.39 is 33.9 Å². The van der Waals surface area contributed by atoms with Gasteiger partial charge in [0.2, 0.25) is 15.9 Å². The maximum Gasteiger partial charge on any atom is 0.339 e. The highest BCUT2D eigenvalue weighted by molar-refractivity contribution is 7.89. The number of hydrogen-bond donors (Lipinski definition) is 2. The Morgan fingerprint density at radius 2 is 1.61 bits per heavy atom. The Hall–Kier alpha value is -4.02. The van der Waals surface area contributed by atoms with Crippen LogP contribution < -0.4 is 10.9 Å². The number of carbonyl (C=O) groups is 3. The van der Waals surface area contributed by atoms with Gasteiger partial charge in [0.25, 0.3) is 5.91 Å². The number of esters is 1. The van der Waals surface area contributed by atoms with Gasteiger partial charge < -0.3 is 4.74 Å². The van der Waals surface area contributed by atoms with Crippen LogP contribution in [0.1, 0.15) is 49.9 Å². The predicted octanol–water partition coefficient (Wildman–Crippen LogP) is 2.88. The fourth-order valence-corrected chi connectivity index (χ4v) is 4.94. The number of aryl methyl sites for hydroxylation is 1. The minimum absolute atomic E-state index is 0.121. The number of hydrazine groups is 1. The SMILES string of the molecule is Cc1ccc(S(=O)(=O)N(C)Cc2ccc(C(=O)NNC(=O)CC3OC(=O)c4ccccc43)cc2)cc1. The second-order valence-corrected chi connectivity index (χ2v) is 10.5. The van der Waals surface area contributed by atoms with E-state index in [1.807, 2.05) is 6.92 Å². The summed E-state index contributed by atoms with van der Waals surface area (Å²) in [7, 11) is -2.16. The van der Waals surface area contributed by atoms with E-state index in [1.54, 1.807) is 60.7 Å². The van der Waals surface area contributed by atoms with Crippen LogP contribution in [-0.4, -0.2) is 37.6 Å². The molecule has 2 amide bonds. The van der Waals surface area contributed by atoms with Crippen molar-refractivity contribution in [1.29, 1.82) is 0 Å². The molecule has 3 aromatic rings. The second kappa shape index (κ2) is 10.3. The number of rotatable bonds is 7. The first kappa shape index (κ1) is 25.1. The van der Waals surface area contributed by atoms with E-state index in [4.69, 9.17) is 4.74 Å². The monoisotopic (exact) mass is 507 g/mol. The van der Waals surface area contributed by atoms with Crippen molar-refractivity contribution >= 4 is 27.8 Å². The fraction of sp³-hybridized carbons (Fsp3) is 0.192. The van der Waals surface area contributed by atoms with Crippen LogP contribution in [0.3, 0.4) is 0 Å². The summed E-state index contributed by atoms with van der Waals surface area (Å²) in [5, 5.41) is 0. The predicted molar refractivity (Wildman–Crippen MR) is 131 cm³/mol. The first-order valence-corrected chi connectivity index (χ1v) is 12.6. The standard InChI is InChI=1S/C26H25N3O6S/c1-17-7-13-20(14-8-17)36(33,34)29(2)16-18-9-11-19(12-10-18)25(31)28-27-24(30)15-23-21-5-3-4-6-22(21)26(32)35-23/h3-14,23H,15-16H2,1-2H3,(H,27,30)(H,28,31). The molecule has 36 heavy (non-hydrogen) atoms. The lowest BCUT2D eigenvalue weighted by Gasteiger charge is -2.17. The van der Waals surface area contributed by atoms with Crippen molar-refractivity contribution in [2.75, 3.05) is 7.05 Å². The molecule has 0 bridgehead atoms. The van der Waals surface area contributed by atoms with Gasteiger partial charge in [-0.15, -0.1) is 0 Å². The molecule has 0 fully saturated rings. The average Bonchev–Trinajstić information content (AvgIpc) is 3.18. The number of nitrogens with zero attached hydrogens (tertiary/aromatic N) is 1. The molecule has 1 aliphatic rings. The first-order valence-electron chi connectivity index (χ1n) is 11.2. The summed E-state index contributed by atoms with van der Waals surface area (Å²) < 4.78 is 32.0. The maximum absolute atomic E-state index is 12.8. The van der Waals surface area contributed by atoms with Crippen molar-refractivity contribution in [2.45, 2.75) is 30.9 Å². The third-order valence-corrected chi connectivity index (χ3v) is 7.63. The number of fused-ring (bicyclic) bond motifs is 1. The molecule has 1 aliphatic heterocycles. The highest BCUT2D eigenvalue weighted by atomic mass is 32.2. The van der Waals surface area contributed by atoms with Crippen molar-refractivity contribution < 1.29 is 27.5 Å². The molecular formula is C26H25N3O6S. The molecule has 10 heteroatoms. The molecule has 0 aromatic heterocycles. The molecule has 0 saturated heterocycles.